The fourth-order valence-electron chi connectivity index (χ4n) is 1.89. The number of allylic oxidation sites excluding steroid dienone is 1. The van der Waals surface area contributed by atoms with Gasteiger partial charge in [0, 0.05) is 17.2 Å². The Morgan fingerprint density at radius 2 is 2.21 bits per heavy atom. The lowest BCUT2D eigenvalue weighted by Crippen LogP contribution is -1.98. The molecule has 0 aliphatic heterocycles. The lowest BCUT2D eigenvalue weighted by Gasteiger charge is -2.10. The predicted molar refractivity (Wildman–Crippen MR) is 53.9 cm³/mol. The largest absolute Gasteiger partial charge is 0.508 e. The zero-order valence-electron chi connectivity index (χ0n) is 7.44. The molecule has 3 heteroatoms. The molecule has 68 valence electrons. The fraction of sp³-hybridized carbons (Fsp3) is 0.0909. The van der Waals surface area contributed by atoms with Crippen molar-refractivity contribution in [3.05, 3.63) is 35.7 Å². The van der Waals surface area contributed by atoms with Crippen LogP contribution >= 0.6 is 0 Å². The molecule has 0 amide bonds. The smallest absolute Gasteiger partial charge is 0.116 e. The summed E-state index contributed by atoms with van der Waals surface area (Å²) in [7, 11) is 0. The number of benzene rings is 1. The van der Waals surface area contributed by atoms with Gasteiger partial charge in [0.15, 0.2) is 0 Å². The summed E-state index contributed by atoms with van der Waals surface area (Å²) < 4.78 is 0. The molecule has 1 aromatic carbocycles. The van der Waals surface area contributed by atoms with Crippen LogP contribution in [-0.2, 0) is 6.42 Å². The van der Waals surface area contributed by atoms with E-state index in [9.17, 15) is 5.11 Å². The first-order chi connectivity index (χ1) is 6.84. The predicted octanol–water partition coefficient (Wildman–Crippen LogP) is 1.90. The molecule has 1 aliphatic rings. The van der Waals surface area contributed by atoms with Crippen LogP contribution in [0.25, 0.3) is 16.8 Å². The van der Waals surface area contributed by atoms with Gasteiger partial charge in [-0.2, -0.15) is 10.2 Å². The molecule has 0 spiro atoms. The van der Waals surface area contributed by atoms with E-state index >= 15 is 0 Å². The average Bonchev–Trinajstić information content (AvgIpc) is 2.18. The normalized spacial score (nSPS) is 13.4. The van der Waals surface area contributed by atoms with E-state index in [1.54, 1.807) is 18.3 Å². The third kappa shape index (κ3) is 0.923. The van der Waals surface area contributed by atoms with E-state index in [4.69, 9.17) is 0 Å². The molecule has 0 saturated heterocycles. The molecule has 14 heavy (non-hydrogen) atoms. The fourth-order valence-corrected chi connectivity index (χ4v) is 1.89. The molecule has 2 aromatic rings. The minimum Gasteiger partial charge on any atom is -0.508 e. The number of phenolic OH excluding ortho intramolecular Hbond substituents is 1. The number of aromatic nitrogens is 2. The van der Waals surface area contributed by atoms with E-state index in [1.807, 2.05) is 12.2 Å². The standard InChI is InChI=1S/C11H8N2O/c14-9-4-7-2-1-3-10-11(7)8(5-9)6-12-13-10/h1-2,4-6,14H,3H2. The van der Waals surface area contributed by atoms with Gasteiger partial charge in [-0.1, -0.05) is 12.2 Å². The minimum absolute atomic E-state index is 0.276. The Labute approximate surface area is 80.7 Å². The second kappa shape index (κ2) is 2.54. The van der Waals surface area contributed by atoms with Crippen LogP contribution in [0.5, 0.6) is 5.75 Å². The SMILES string of the molecule is Oc1cc2c3c(nncc3c1)CC=C2. The molecular weight excluding hydrogens is 176 g/mol. The average molecular weight is 184 g/mol. The first-order valence-electron chi connectivity index (χ1n) is 4.48. The van der Waals surface area contributed by atoms with Crippen molar-refractivity contribution in [1.82, 2.24) is 10.2 Å². The van der Waals surface area contributed by atoms with E-state index in [2.05, 4.69) is 10.2 Å². The van der Waals surface area contributed by atoms with Gasteiger partial charge in [0.05, 0.1) is 11.9 Å². The van der Waals surface area contributed by atoms with Crippen LogP contribution < -0.4 is 0 Å². The van der Waals surface area contributed by atoms with E-state index in [0.29, 0.717) is 0 Å². The Hall–Kier alpha value is -1.90. The lowest BCUT2D eigenvalue weighted by atomic mass is 9.98. The number of phenols is 1. The van der Waals surface area contributed by atoms with Crippen LogP contribution in [0, 0.1) is 0 Å². The molecule has 1 heterocycles. The third-order valence-electron chi connectivity index (χ3n) is 2.46. The van der Waals surface area contributed by atoms with Crippen LogP contribution in [0.1, 0.15) is 11.3 Å². The molecule has 0 saturated carbocycles. The number of hydrogen-bond acceptors (Lipinski definition) is 3. The van der Waals surface area contributed by atoms with Crippen LogP contribution in [0.2, 0.25) is 0 Å². The highest BCUT2D eigenvalue weighted by molar-refractivity contribution is 5.94. The summed E-state index contributed by atoms with van der Waals surface area (Å²) in [5, 5.41) is 19.5. The second-order valence-corrected chi connectivity index (χ2v) is 3.40. The van der Waals surface area contributed by atoms with Gasteiger partial charge < -0.3 is 5.11 Å². The zero-order chi connectivity index (χ0) is 9.54. The van der Waals surface area contributed by atoms with Gasteiger partial charge >= 0.3 is 0 Å². The second-order valence-electron chi connectivity index (χ2n) is 3.40. The summed E-state index contributed by atoms with van der Waals surface area (Å²) in [6.45, 7) is 0. The van der Waals surface area contributed by atoms with Gasteiger partial charge in [-0.15, -0.1) is 0 Å². The lowest BCUT2D eigenvalue weighted by molar-refractivity contribution is 0.476. The maximum absolute atomic E-state index is 9.48. The van der Waals surface area contributed by atoms with Crippen molar-refractivity contribution < 1.29 is 5.11 Å². The molecule has 3 nitrogen and oxygen atoms in total. The number of aromatic hydroxyl groups is 1. The van der Waals surface area contributed by atoms with Gasteiger partial charge in [0.1, 0.15) is 5.75 Å². The molecule has 0 radical (unpaired) electrons. The molecule has 1 aliphatic carbocycles. The van der Waals surface area contributed by atoms with Crippen LogP contribution in [0.3, 0.4) is 0 Å². The maximum atomic E-state index is 9.48. The van der Waals surface area contributed by atoms with Gasteiger partial charge in [0.2, 0.25) is 0 Å². The zero-order valence-corrected chi connectivity index (χ0v) is 7.44. The van der Waals surface area contributed by atoms with E-state index in [-0.39, 0.29) is 5.75 Å². The summed E-state index contributed by atoms with van der Waals surface area (Å²) in [4.78, 5) is 0. The summed E-state index contributed by atoms with van der Waals surface area (Å²) in [5.74, 6) is 0.276. The monoisotopic (exact) mass is 184 g/mol. The highest BCUT2D eigenvalue weighted by Gasteiger charge is 2.10. The van der Waals surface area contributed by atoms with E-state index < -0.39 is 0 Å². The van der Waals surface area contributed by atoms with Gasteiger partial charge in [-0.3, -0.25) is 0 Å². The molecule has 3 rings (SSSR count). The number of rotatable bonds is 0. The van der Waals surface area contributed by atoms with Gasteiger partial charge in [-0.25, -0.2) is 0 Å². The summed E-state index contributed by atoms with van der Waals surface area (Å²) >= 11 is 0. The molecular formula is C11H8N2O. The highest BCUT2D eigenvalue weighted by atomic mass is 16.3. The topological polar surface area (TPSA) is 46.0 Å². The number of hydrogen-bond donors (Lipinski definition) is 1. The molecule has 1 N–H and O–H groups in total. The molecule has 0 atom stereocenters. The molecule has 0 bridgehead atoms. The van der Waals surface area contributed by atoms with Crippen molar-refractivity contribution in [3.63, 3.8) is 0 Å². The summed E-state index contributed by atoms with van der Waals surface area (Å²) in [6.07, 6.45) is 6.55. The Bertz CT molecular complexity index is 546. The maximum Gasteiger partial charge on any atom is 0.116 e. The Kier molecular flexibility index (Phi) is 1.36. The van der Waals surface area contributed by atoms with E-state index in [1.165, 1.54) is 0 Å². The van der Waals surface area contributed by atoms with Crippen molar-refractivity contribution in [3.8, 4) is 5.75 Å². The quantitative estimate of drug-likeness (QED) is 0.680. The van der Waals surface area contributed by atoms with Crippen LogP contribution in [-0.4, -0.2) is 15.3 Å². The summed E-state index contributed by atoms with van der Waals surface area (Å²) in [5.41, 5.74) is 2.01. The Morgan fingerprint density at radius 3 is 3.14 bits per heavy atom. The first kappa shape index (κ1) is 7.50. The van der Waals surface area contributed by atoms with Crippen molar-refractivity contribution in [1.29, 1.82) is 0 Å². The van der Waals surface area contributed by atoms with Crippen molar-refractivity contribution in [2.45, 2.75) is 6.42 Å². The van der Waals surface area contributed by atoms with Crippen molar-refractivity contribution in [2.24, 2.45) is 0 Å². The van der Waals surface area contributed by atoms with Crippen molar-refractivity contribution >= 4 is 16.8 Å². The summed E-state index contributed by atoms with van der Waals surface area (Å²) in [6, 6.07) is 3.47. The van der Waals surface area contributed by atoms with Crippen LogP contribution in [0.15, 0.2) is 24.4 Å². The Balaban J connectivity index is 2.53. The molecule has 0 fully saturated rings. The van der Waals surface area contributed by atoms with Gasteiger partial charge in [0.25, 0.3) is 0 Å². The third-order valence-corrected chi connectivity index (χ3v) is 2.46. The van der Waals surface area contributed by atoms with E-state index in [0.717, 1.165) is 28.5 Å². The molecule has 0 unspecified atom stereocenters. The molecule has 1 aromatic heterocycles. The van der Waals surface area contributed by atoms with Crippen molar-refractivity contribution in [2.75, 3.05) is 0 Å². The Morgan fingerprint density at radius 1 is 1.29 bits per heavy atom. The minimum atomic E-state index is 0.276. The highest BCUT2D eigenvalue weighted by Crippen LogP contribution is 2.29. The number of nitrogens with zero attached hydrogens (tertiary/aromatic N) is 2. The van der Waals surface area contributed by atoms with Gasteiger partial charge in [-0.05, 0) is 17.7 Å². The van der Waals surface area contributed by atoms with Crippen LogP contribution in [0.4, 0.5) is 0 Å². The first-order valence-corrected chi connectivity index (χ1v) is 4.48.